The van der Waals surface area contributed by atoms with Crippen molar-refractivity contribution in [2.24, 2.45) is 0 Å². The van der Waals surface area contributed by atoms with Crippen LogP contribution in [-0.4, -0.2) is 15.0 Å². The zero-order valence-corrected chi connectivity index (χ0v) is 38.9. The number of pyridine rings is 3. The normalized spacial score (nSPS) is 13.5. The van der Waals surface area contributed by atoms with Crippen molar-refractivity contribution in [3.63, 3.8) is 0 Å². The Labute approximate surface area is 380 Å². The summed E-state index contributed by atoms with van der Waals surface area (Å²) in [5, 5.41) is 4.39. The minimum atomic E-state index is -0.0678. The van der Waals surface area contributed by atoms with Crippen LogP contribution in [0.3, 0.4) is 0 Å². The van der Waals surface area contributed by atoms with E-state index in [-0.39, 0.29) is 30.9 Å². The van der Waals surface area contributed by atoms with Crippen molar-refractivity contribution in [1.29, 1.82) is 0 Å². The van der Waals surface area contributed by atoms with Gasteiger partial charge in [-0.25, -0.2) is 0 Å². The Hall–Kier alpha value is -5.74. The van der Waals surface area contributed by atoms with Gasteiger partial charge in [0.2, 0.25) is 0 Å². The fourth-order valence-electron chi connectivity index (χ4n) is 8.56. The average molecular weight is 988 g/mol. The number of fused-ring (bicyclic) bond motifs is 4. The molecule has 1 fully saturated rings. The van der Waals surface area contributed by atoms with E-state index in [1.807, 2.05) is 42.7 Å². The number of benzene rings is 5. The maximum atomic E-state index is 6.68. The first-order chi connectivity index (χ1) is 29.5. The molecule has 0 amide bonds. The van der Waals surface area contributed by atoms with Crippen LogP contribution in [0.1, 0.15) is 96.4 Å². The van der Waals surface area contributed by atoms with Crippen LogP contribution in [0.2, 0.25) is 0 Å². The maximum Gasteiger partial charge on any atom is 0.130 e. The van der Waals surface area contributed by atoms with Gasteiger partial charge >= 0.3 is 0 Å². The summed E-state index contributed by atoms with van der Waals surface area (Å²) < 4.78 is 6.68. The van der Waals surface area contributed by atoms with Crippen molar-refractivity contribution in [3.8, 4) is 44.9 Å². The molecule has 0 N–H and O–H groups in total. The van der Waals surface area contributed by atoms with Gasteiger partial charge in [0.05, 0.1) is 11.3 Å². The summed E-state index contributed by atoms with van der Waals surface area (Å²) in [7, 11) is 0. The first kappa shape index (κ1) is 42.9. The van der Waals surface area contributed by atoms with Crippen molar-refractivity contribution in [2.45, 2.75) is 90.4 Å². The maximum absolute atomic E-state index is 6.68. The number of aromatic nitrogens is 3. The molecule has 1 radical (unpaired) electrons. The molecule has 9 aromatic rings. The third kappa shape index (κ3) is 9.07. The Morgan fingerprint density at radius 2 is 1.34 bits per heavy atom. The Bertz CT molecular complexity index is 2930. The second-order valence-corrected chi connectivity index (χ2v) is 18.6. The quantitative estimate of drug-likeness (QED) is 0.161. The van der Waals surface area contributed by atoms with E-state index in [2.05, 4.69) is 162 Å². The topological polar surface area (TPSA) is 51.8 Å². The molecular formula is C57H53IrN3O-2. The van der Waals surface area contributed by atoms with Crippen LogP contribution in [-0.2, 0) is 30.9 Å². The summed E-state index contributed by atoms with van der Waals surface area (Å²) in [6.07, 6.45) is 10.7. The fourth-order valence-corrected chi connectivity index (χ4v) is 8.56. The molecule has 10 rings (SSSR count). The molecule has 4 heterocycles. The Kier molecular flexibility index (Phi) is 12.4. The molecule has 0 unspecified atom stereocenters. The number of para-hydroxylation sites is 1. The van der Waals surface area contributed by atoms with Crippen LogP contribution >= 0.6 is 0 Å². The van der Waals surface area contributed by atoms with Crippen LogP contribution in [0, 0.1) is 12.1 Å². The summed E-state index contributed by atoms with van der Waals surface area (Å²) >= 11 is 0. The van der Waals surface area contributed by atoms with E-state index < -0.39 is 0 Å². The molecule has 0 saturated heterocycles. The molecule has 4 aromatic heterocycles. The van der Waals surface area contributed by atoms with E-state index >= 15 is 0 Å². The molecule has 5 aromatic carbocycles. The fraction of sp³-hybridized carbons (Fsp3) is 0.246. The average Bonchev–Trinajstić information content (AvgIpc) is 3.68. The standard InChI is InChI=1S/C34H31N2O.C23H22N.Ir/c1-33(2,3)23-18-29(36-30(19-23)34(4,5)6)27-16-10-14-25-24-13-9-15-26(31(24)37-32(25)27)28-17-21-11-7-8-12-22(21)20-35-28;1-3-7-18(8-4-1)19-11-13-20(14-12-19)22-15-16-24-23(17-22)21-9-5-2-6-10-21;/h7-14,16-20H,1-6H3;2,5-6,9,11-18H,1,3-4,7-8H2;/q2*-1;. The summed E-state index contributed by atoms with van der Waals surface area (Å²) in [4.78, 5) is 14.4. The Morgan fingerprint density at radius 1 is 0.581 bits per heavy atom. The van der Waals surface area contributed by atoms with Gasteiger partial charge in [0, 0.05) is 54.6 Å². The van der Waals surface area contributed by atoms with E-state index in [1.54, 1.807) is 0 Å². The van der Waals surface area contributed by atoms with Crippen LogP contribution in [0.15, 0.2) is 150 Å². The van der Waals surface area contributed by atoms with Gasteiger partial charge in [0.1, 0.15) is 5.58 Å². The molecule has 0 spiro atoms. The summed E-state index contributed by atoms with van der Waals surface area (Å²) in [6.45, 7) is 13.4. The van der Waals surface area contributed by atoms with Crippen LogP contribution in [0.4, 0.5) is 0 Å². The number of nitrogens with zero attached hydrogens (tertiary/aromatic N) is 3. The minimum Gasteiger partial charge on any atom is -0.500 e. The number of hydrogen-bond donors (Lipinski definition) is 0. The van der Waals surface area contributed by atoms with Gasteiger partial charge in [-0.15, -0.1) is 54.1 Å². The van der Waals surface area contributed by atoms with Gasteiger partial charge < -0.3 is 14.4 Å². The number of furan rings is 1. The zero-order chi connectivity index (χ0) is 42.1. The predicted octanol–water partition coefficient (Wildman–Crippen LogP) is 15.5. The molecule has 0 aliphatic heterocycles. The van der Waals surface area contributed by atoms with Gasteiger partial charge in [-0.2, -0.15) is 0 Å². The number of rotatable bonds is 5. The van der Waals surface area contributed by atoms with Gasteiger partial charge in [-0.1, -0.05) is 145 Å². The van der Waals surface area contributed by atoms with Crippen molar-refractivity contribution in [1.82, 2.24) is 15.0 Å². The van der Waals surface area contributed by atoms with Gasteiger partial charge in [0.15, 0.2) is 0 Å². The van der Waals surface area contributed by atoms with Crippen LogP contribution < -0.4 is 0 Å². The first-order valence-corrected chi connectivity index (χ1v) is 21.8. The van der Waals surface area contributed by atoms with E-state index in [0.717, 1.165) is 78.1 Å². The Balaban J connectivity index is 0.000000183. The molecule has 4 nitrogen and oxygen atoms in total. The van der Waals surface area contributed by atoms with Gasteiger partial charge in [-0.3, -0.25) is 4.98 Å². The third-order valence-electron chi connectivity index (χ3n) is 12.1. The number of hydrogen-bond acceptors (Lipinski definition) is 4. The Morgan fingerprint density at radius 3 is 2.08 bits per heavy atom. The molecule has 0 bridgehead atoms. The van der Waals surface area contributed by atoms with Crippen LogP contribution in [0.5, 0.6) is 0 Å². The summed E-state index contributed by atoms with van der Waals surface area (Å²) in [6, 6.07) is 53.3. The largest absolute Gasteiger partial charge is 0.500 e. The van der Waals surface area contributed by atoms with Crippen LogP contribution in [0.25, 0.3) is 77.6 Å². The third-order valence-corrected chi connectivity index (χ3v) is 12.1. The summed E-state index contributed by atoms with van der Waals surface area (Å²) in [5.74, 6) is 0.764. The molecule has 1 saturated carbocycles. The van der Waals surface area contributed by atoms with E-state index in [4.69, 9.17) is 14.4 Å². The van der Waals surface area contributed by atoms with Crippen molar-refractivity contribution < 1.29 is 24.5 Å². The van der Waals surface area contributed by atoms with Gasteiger partial charge in [-0.05, 0) is 92.9 Å². The predicted molar refractivity (Wildman–Crippen MR) is 254 cm³/mol. The van der Waals surface area contributed by atoms with Gasteiger partial charge in [0.25, 0.3) is 0 Å². The summed E-state index contributed by atoms with van der Waals surface area (Å²) in [5.41, 5.74) is 13.6. The molecular weight excluding hydrogens is 935 g/mol. The SMILES string of the molecule is CC(C)(C)c1cc(-c2cccc3c2oc2c(-c4cc5ccccc5cn4)[c-]ccc23)nc(C(C)(C)C)c1.[Ir].[c-]1ccccc1-c1cc(-c2ccc(C3CCCCC3)cc2)ccn1. The second kappa shape index (κ2) is 17.9. The van der Waals surface area contributed by atoms with Crippen molar-refractivity contribution in [3.05, 3.63) is 175 Å². The monoisotopic (exact) mass is 988 g/mol. The van der Waals surface area contributed by atoms with Crippen molar-refractivity contribution >= 4 is 32.7 Å². The molecule has 313 valence electrons. The van der Waals surface area contributed by atoms with E-state index in [1.165, 1.54) is 54.4 Å². The van der Waals surface area contributed by atoms with E-state index in [9.17, 15) is 0 Å². The molecule has 0 atom stereocenters. The molecule has 1 aliphatic carbocycles. The smallest absolute Gasteiger partial charge is 0.130 e. The van der Waals surface area contributed by atoms with E-state index in [0.29, 0.717) is 0 Å². The zero-order valence-electron chi connectivity index (χ0n) is 36.6. The molecule has 62 heavy (non-hydrogen) atoms. The minimum absolute atomic E-state index is 0. The van der Waals surface area contributed by atoms with Crippen molar-refractivity contribution in [2.75, 3.05) is 0 Å². The first-order valence-electron chi connectivity index (χ1n) is 21.8. The molecule has 1 aliphatic rings. The second-order valence-electron chi connectivity index (χ2n) is 18.6. The molecule has 5 heteroatoms.